The standard InChI is InChI=1S/C15H21F2NO/c1-18-14(7-8-19-10-15(16)17)13-6-5-11-3-2-4-12(11)9-13/h5-6,9,14-15,18H,2-4,7-8,10H2,1H3. The van der Waals surface area contributed by atoms with Gasteiger partial charge in [-0.25, -0.2) is 8.78 Å². The highest BCUT2D eigenvalue weighted by Crippen LogP contribution is 2.26. The lowest BCUT2D eigenvalue weighted by atomic mass is 9.99. The Balaban J connectivity index is 1.90. The zero-order chi connectivity index (χ0) is 13.7. The number of aryl methyl sites for hydroxylation is 2. The molecule has 0 aromatic heterocycles. The number of rotatable bonds is 7. The maximum Gasteiger partial charge on any atom is 0.261 e. The van der Waals surface area contributed by atoms with Crippen LogP contribution >= 0.6 is 0 Å². The van der Waals surface area contributed by atoms with Gasteiger partial charge in [-0.15, -0.1) is 0 Å². The summed E-state index contributed by atoms with van der Waals surface area (Å²) in [6.07, 6.45) is 1.90. The molecule has 4 heteroatoms. The Morgan fingerprint density at radius 2 is 2.05 bits per heavy atom. The van der Waals surface area contributed by atoms with E-state index < -0.39 is 13.0 Å². The Morgan fingerprint density at radius 3 is 2.79 bits per heavy atom. The summed E-state index contributed by atoms with van der Waals surface area (Å²) in [5, 5.41) is 3.23. The third-order valence-electron chi connectivity index (χ3n) is 3.67. The highest BCUT2D eigenvalue weighted by Gasteiger charge is 2.15. The van der Waals surface area contributed by atoms with Gasteiger partial charge >= 0.3 is 0 Å². The van der Waals surface area contributed by atoms with E-state index in [4.69, 9.17) is 4.74 Å². The second-order valence-electron chi connectivity index (χ2n) is 4.98. The SMILES string of the molecule is CNC(CCOCC(F)F)c1ccc2c(c1)CCC2. The summed E-state index contributed by atoms with van der Waals surface area (Å²) in [6, 6.07) is 6.75. The van der Waals surface area contributed by atoms with Crippen molar-refractivity contribution < 1.29 is 13.5 Å². The molecule has 0 aliphatic heterocycles. The number of ether oxygens (including phenoxy) is 1. The number of halogens is 2. The Bertz CT molecular complexity index is 409. The molecule has 1 N–H and O–H groups in total. The minimum absolute atomic E-state index is 0.170. The Hall–Kier alpha value is -1.00. The first-order valence-corrected chi connectivity index (χ1v) is 6.85. The monoisotopic (exact) mass is 269 g/mol. The molecule has 1 aromatic rings. The fourth-order valence-electron chi connectivity index (χ4n) is 2.66. The maximum atomic E-state index is 12.0. The number of fused-ring (bicyclic) bond motifs is 1. The van der Waals surface area contributed by atoms with Gasteiger partial charge in [0, 0.05) is 12.6 Å². The van der Waals surface area contributed by atoms with Crippen molar-refractivity contribution in [3.8, 4) is 0 Å². The van der Waals surface area contributed by atoms with Gasteiger partial charge in [0.1, 0.15) is 6.61 Å². The molecule has 1 aliphatic rings. The van der Waals surface area contributed by atoms with Crippen LogP contribution in [-0.2, 0) is 17.6 Å². The van der Waals surface area contributed by atoms with Crippen LogP contribution in [0.1, 0.15) is 35.6 Å². The van der Waals surface area contributed by atoms with Gasteiger partial charge in [0.2, 0.25) is 0 Å². The van der Waals surface area contributed by atoms with Crippen LogP contribution in [0.4, 0.5) is 8.78 Å². The molecule has 1 unspecified atom stereocenters. The Labute approximate surface area is 113 Å². The van der Waals surface area contributed by atoms with E-state index in [9.17, 15) is 8.78 Å². The number of alkyl halides is 2. The van der Waals surface area contributed by atoms with Gasteiger partial charge in [-0.1, -0.05) is 18.2 Å². The zero-order valence-corrected chi connectivity index (χ0v) is 11.3. The lowest BCUT2D eigenvalue weighted by Gasteiger charge is -2.18. The largest absolute Gasteiger partial charge is 0.375 e. The molecule has 0 amide bonds. The van der Waals surface area contributed by atoms with E-state index in [1.165, 1.54) is 29.5 Å². The molecule has 1 aromatic carbocycles. The maximum absolute atomic E-state index is 12.0. The summed E-state index contributed by atoms with van der Waals surface area (Å²) >= 11 is 0. The van der Waals surface area contributed by atoms with Crippen LogP contribution in [0.3, 0.4) is 0 Å². The third-order valence-corrected chi connectivity index (χ3v) is 3.67. The fraction of sp³-hybridized carbons (Fsp3) is 0.600. The predicted octanol–water partition coefficient (Wildman–Crippen LogP) is 3.11. The van der Waals surface area contributed by atoms with E-state index in [-0.39, 0.29) is 6.04 Å². The molecule has 1 atom stereocenters. The molecule has 0 spiro atoms. The molecule has 0 heterocycles. The summed E-state index contributed by atoms with van der Waals surface area (Å²) in [5.74, 6) is 0. The van der Waals surface area contributed by atoms with E-state index >= 15 is 0 Å². The Morgan fingerprint density at radius 1 is 1.26 bits per heavy atom. The predicted molar refractivity (Wildman–Crippen MR) is 71.7 cm³/mol. The first-order valence-electron chi connectivity index (χ1n) is 6.85. The molecule has 1 aliphatic carbocycles. The highest BCUT2D eigenvalue weighted by atomic mass is 19.3. The van der Waals surface area contributed by atoms with Crippen molar-refractivity contribution in [3.05, 3.63) is 34.9 Å². The quantitative estimate of drug-likeness (QED) is 0.768. The minimum Gasteiger partial charge on any atom is -0.375 e. The fourth-order valence-corrected chi connectivity index (χ4v) is 2.66. The summed E-state index contributed by atoms with van der Waals surface area (Å²) in [7, 11) is 1.89. The van der Waals surface area contributed by atoms with Crippen molar-refractivity contribution in [3.63, 3.8) is 0 Å². The molecule has 19 heavy (non-hydrogen) atoms. The normalized spacial score (nSPS) is 15.8. The molecule has 0 fully saturated rings. The molecular weight excluding hydrogens is 248 g/mol. The first-order chi connectivity index (χ1) is 9.20. The van der Waals surface area contributed by atoms with E-state index in [2.05, 4.69) is 23.5 Å². The molecule has 0 saturated carbocycles. The molecule has 0 radical (unpaired) electrons. The molecule has 0 bridgehead atoms. The first kappa shape index (κ1) is 14.4. The van der Waals surface area contributed by atoms with Crippen LogP contribution in [0.25, 0.3) is 0 Å². The third kappa shape index (κ3) is 3.98. The summed E-state index contributed by atoms with van der Waals surface area (Å²) in [6.45, 7) is -0.118. The van der Waals surface area contributed by atoms with Crippen LogP contribution < -0.4 is 5.32 Å². The number of benzene rings is 1. The summed E-state index contributed by atoms with van der Waals surface area (Å²) in [5.41, 5.74) is 4.11. The second kappa shape index (κ2) is 6.96. The van der Waals surface area contributed by atoms with Crippen LogP contribution in [0.2, 0.25) is 0 Å². The van der Waals surface area contributed by atoms with Crippen molar-refractivity contribution in [2.45, 2.75) is 38.2 Å². The highest BCUT2D eigenvalue weighted by molar-refractivity contribution is 5.36. The van der Waals surface area contributed by atoms with Crippen LogP contribution in [0.15, 0.2) is 18.2 Å². The molecule has 2 nitrogen and oxygen atoms in total. The van der Waals surface area contributed by atoms with Crippen molar-refractivity contribution in [1.82, 2.24) is 5.32 Å². The molecule has 2 rings (SSSR count). The van der Waals surface area contributed by atoms with Gasteiger partial charge in [0.15, 0.2) is 0 Å². The zero-order valence-electron chi connectivity index (χ0n) is 11.3. The van der Waals surface area contributed by atoms with Crippen LogP contribution in [0, 0.1) is 0 Å². The molecule has 106 valence electrons. The van der Waals surface area contributed by atoms with Crippen LogP contribution in [0.5, 0.6) is 0 Å². The van der Waals surface area contributed by atoms with E-state index in [0.717, 1.165) is 6.42 Å². The van der Waals surface area contributed by atoms with Gasteiger partial charge in [-0.05, 0) is 49.4 Å². The Kier molecular flexibility index (Phi) is 5.28. The van der Waals surface area contributed by atoms with Gasteiger partial charge in [0.25, 0.3) is 6.43 Å². The van der Waals surface area contributed by atoms with Gasteiger partial charge in [0.05, 0.1) is 0 Å². The summed E-state index contributed by atoms with van der Waals surface area (Å²) in [4.78, 5) is 0. The average molecular weight is 269 g/mol. The van der Waals surface area contributed by atoms with Crippen molar-refractivity contribution in [1.29, 1.82) is 0 Å². The van der Waals surface area contributed by atoms with Crippen molar-refractivity contribution >= 4 is 0 Å². The lowest BCUT2D eigenvalue weighted by Crippen LogP contribution is -2.19. The van der Waals surface area contributed by atoms with E-state index in [1.807, 2.05) is 7.05 Å². The average Bonchev–Trinajstić information content (AvgIpc) is 2.85. The van der Waals surface area contributed by atoms with Gasteiger partial charge < -0.3 is 10.1 Å². The second-order valence-corrected chi connectivity index (χ2v) is 4.98. The summed E-state index contributed by atoms with van der Waals surface area (Å²) < 4.78 is 28.9. The number of hydrogen-bond acceptors (Lipinski definition) is 2. The number of hydrogen-bond donors (Lipinski definition) is 1. The van der Waals surface area contributed by atoms with Crippen LogP contribution in [-0.4, -0.2) is 26.7 Å². The number of nitrogens with one attached hydrogen (secondary N) is 1. The van der Waals surface area contributed by atoms with Crippen molar-refractivity contribution in [2.75, 3.05) is 20.3 Å². The lowest BCUT2D eigenvalue weighted by molar-refractivity contribution is 0.0145. The smallest absolute Gasteiger partial charge is 0.261 e. The van der Waals surface area contributed by atoms with Gasteiger partial charge in [-0.3, -0.25) is 0 Å². The van der Waals surface area contributed by atoms with Crippen molar-refractivity contribution in [2.24, 2.45) is 0 Å². The molecular formula is C15H21F2NO. The minimum atomic E-state index is -2.38. The van der Waals surface area contributed by atoms with E-state index in [1.54, 1.807) is 0 Å². The van der Waals surface area contributed by atoms with Gasteiger partial charge in [-0.2, -0.15) is 0 Å². The molecule has 0 saturated heterocycles. The van der Waals surface area contributed by atoms with E-state index in [0.29, 0.717) is 13.0 Å². The topological polar surface area (TPSA) is 21.3 Å².